The van der Waals surface area contributed by atoms with Crippen molar-refractivity contribution < 1.29 is 4.39 Å². The van der Waals surface area contributed by atoms with Crippen molar-refractivity contribution >= 4 is 17.6 Å². The van der Waals surface area contributed by atoms with Gasteiger partial charge in [0, 0.05) is 36.5 Å². The number of nitrogens with zero attached hydrogens (tertiary/aromatic N) is 2. The Balaban J connectivity index is 2.99. The zero-order valence-corrected chi connectivity index (χ0v) is 14.9. The normalized spacial score (nSPS) is 13.3. The molecule has 0 aliphatic carbocycles. The van der Waals surface area contributed by atoms with E-state index in [-0.39, 0.29) is 11.4 Å². The standard InChI is InChI=1S/C16H28FN3S/c1-7-14(11-21-6)20(5)15-12(8-13(17)10-18-15)9-19-16(2,3)4/h8,10,14,19H,7,9,11H2,1-6H3. The Morgan fingerprint density at radius 3 is 2.62 bits per heavy atom. The third kappa shape index (κ3) is 5.83. The molecule has 0 aromatic carbocycles. The number of halogens is 1. The predicted octanol–water partition coefficient (Wildman–Crippen LogP) is 3.69. The van der Waals surface area contributed by atoms with Crippen LogP contribution in [-0.4, -0.2) is 35.6 Å². The number of hydrogen-bond donors (Lipinski definition) is 1. The number of thioether (sulfide) groups is 1. The third-order valence-electron chi connectivity index (χ3n) is 3.43. The molecule has 1 aromatic rings. The molecule has 1 N–H and O–H groups in total. The minimum Gasteiger partial charge on any atom is -0.356 e. The number of hydrogen-bond acceptors (Lipinski definition) is 4. The maximum Gasteiger partial charge on any atom is 0.141 e. The summed E-state index contributed by atoms with van der Waals surface area (Å²) in [4.78, 5) is 6.51. The van der Waals surface area contributed by atoms with Crippen LogP contribution in [0, 0.1) is 5.82 Å². The molecule has 1 heterocycles. The van der Waals surface area contributed by atoms with Crippen LogP contribution in [0.5, 0.6) is 0 Å². The summed E-state index contributed by atoms with van der Waals surface area (Å²) in [6, 6.07) is 2.00. The zero-order valence-electron chi connectivity index (χ0n) is 14.0. The number of aromatic nitrogens is 1. The molecule has 0 amide bonds. The van der Waals surface area contributed by atoms with E-state index in [9.17, 15) is 4.39 Å². The number of anilines is 1. The molecule has 0 spiro atoms. The molecule has 0 saturated carbocycles. The summed E-state index contributed by atoms with van der Waals surface area (Å²) in [7, 11) is 2.05. The van der Waals surface area contributed by atoms with E-state index in [1.807, 2.05) is 18.8 Å². The van der Waals surface area contributed by atoms with Crippen LogP contribution in [0.15, 0.2) is 12.3 Å². The molecule has 21 heavy (non-hydrogen) atoms. The summed E-state index contributed by atoms with van der Waals surface area (Å²) >= 11 is 1.82. The van der Waals surface area contributed by atoms with E-state index in [0.717, 1.165) is 23.6 Å². The van der Waals surface area contributed by atoms with Crippen molar-refractivity contribution in [1.29, 1.82) is 0 Å². The molecule has 0 aliphatic rings. The predicted molar refractivity (Wildman–Crippen MR) is 91.7 cm³/mol. The van der Waals surface area contributed by atoms with Crippen molar-refractivity contribution in [2.24, 2.45) is 0 Å². The van der Waals surface area contributed by atoms with E-state index >= 15 is 0 Å². The van der Waals surface area contributed by atoms with E-state index in [4.69, 9.17) is 0 Å². The molecule has 5 heteroatoms. The average molecular weight is 313 g/mol. The summed E-state index contributed by atoms with van der Waals surface area (Å²) in [6.07, 6.45) is 4.46. The van der Waals surface area contributed by atoms with Crippen LogP contribution < -0.4 is 10.2 Å². The highest BCUT2D eigenvalue weighted by Gasteiger charge is 2.19. The first-order valence-electron chi connectivity index (χ1n) is 7.39. The van der Waals surface area contributed by atoms with Crippen molar-refractivity contribution in [3.63, 3.8) is 0 Å². The second-order valence-electron chi connectivity index (χ2n) is 6.37. The lowest BCUT2D eigenvalue weighted by atomic mass is 10.1. The van der Waals surface area contributed by atoms with Crippen LogP contribution in [0.3, 0.4) is 0 Å². The fourth-order valence-electron chi connectivity index (χ4n) is 2.15. The van der Waals surface area contributed by atoms with Gasteiger partial charge in [0.25, 0.3) is 0 Å². The number of rotatable bonds is 7. The minimum atomic E-state index is -0.282. The van der Waals surface area contributed by atoms with Crippen LogP contribution in [0.2, 0.25) is 0 Å². The number of pyridine rings is 1. The molecule has 120 valence electrons. The Bertz CT molecular complexity index is 446. The first-order valence-corrected chi connectivity index (χ1v) is 8.79. The average Bonchev–Trinajstić information content (AvgIpc) is 2.41. The SMILES string of the molecule is CCC(CSC)N(C)c1ncc(F)cc1CNC(C)(C)C. The Morgan fingerprint density at radius 1 is 1.43 bits per heavy atom. The Morgan fingerprint density at radius 2 is 2.10 bits per heavy atom. The van der Waals surface area contributed by atoms with Gasteiger partial charge in [0.2, 0.25) is 0 Å². The highest BCUT2D eigenvalue weighted by atomic mass is 32.2. The fraction of sp³-hybridized carbons (Fsp3) is 0.688. The van der Waals surface area contributed by atoms with Crippen molar-refractivity contribution in [2.45, 2.75) is 52.2 Å². The van der Waals surface area contributed by atoms with Gasteiger partial charge in [0.05, 0.1) is 6.20 Å². The third-order valence-corrected chi connectivity index (χ3v) is 4.15. The summed E-state index contributed by atoms with van der Waals surface area (Å²) in [6.45, 7) is 9.10. The largest absolute Gasteiger partial charge is 0.356 e. The fourth-order valence-corrected chi connectivity index (χ4v) is 2.99. The van der Waals surface area contributed by atoms with Crippen LogP contribution in [0.4, 0.5) is 10.2 Å². The Hall–Kier alpha value is -0.810. The van der Waals surface area contributed by atoms with Gasteiger partial charge in [-0.25, -0.2) is 9.37 Å². The van der Waals surface area contributed by atoms with Gasteiger partial charge in [0.15, 0.2) is 0 Å². The van der Waals surface area contributed by atoms with Crippen LogP contribution in [0.25, 0.3) is 0 Å². The molecule has 1 aromatic heterocycles. The van der Waals surface area contributed by atoms with Gasteiger partial charge in [-0.05, 0) is 39.5 Å². The molecular formula is C16H28FN3S. The highest BCUT2D eigenvalue weighted by molar-refractivity contribution is 7.98. The maximum absolute atomic E-state index is 13.5. The molecule has 0 saturated heterocycles. The van der Waals surface area contributed by atoms with Gasteiger partial charge >= 0.3 is 0 Å². The van der Waals surface area contributed by atoms with Crippen molar-refractivity contribution in [3.05, 3.63) is 23.6 Å². The van der Waals surface area contributed by atoms with Crippen LogP contribution >= 0.6 is 11.8 Å². The lowest BCUT2D eigenvalue weighted by molar-refractivity contribution is 0.423. The summed E-state index contributed by atoms with van der Waals surface area (Å²) in [5.74, 6) is 1.63. The van der Waals surface area contributed by atoms with E-state index in [1.165, 1.54) is 6.20 Å². The maximum atomic E-state index is 13.5. The van der Waals surface area contributed by atoms with Gasteiger partial charge in [-0.15, -0.1) is 0 Å². The molecule has 1 rings (SSSR count). The van der Waals surface area contributed by atoms with E-state index in [0.29, 0.717) is 12.6 Å². The molecule has 0 bridgehead atoms. The van der Waals surface area contributed by atoms with Gasteiger partial charge in [-0.2, -0.15) is 11.8 Å². The topological polar surface area (TPSA) is 28.2 Å². The van der Waals surface area contributed by atoms with Gasteiger partial charge in [0.1, 0.15) is 11.6 Å². The summed E-state index contributed by atoms with van der Waals surface area (Å²) in [5.41, 5.74) is 0.901. The first-order chi connectivity index (χ1) is 9.78. The Kier molecular flexibility index (Phi) is 6.94. The molecule has 1 unspecified atom stereocenters. The smallest absolute Gasteiger partial charge is 0.141 e. The van der Waals surface area contributed by atoms with E-state index < -0.39 is 0 Å². The lowest BCUT2D eigenvalue weighted by Crippen LogP contribution is -2.37. The molecule has 0 aliphatic heterocycles. The van der Waals surface area contributed by atoms with Gasteiger partial charge < -0.3 is 10.2 Å². The minimum absolute atomic E-state index is 0.00835. The van der Waals surface area contributed by atoms with Crippen molar-refractivity contribution in [2.75, 3.05) is 24.0 Å². The quantitative estimate of drug-likeness (QED) is 0.831. The molecule has 1 atom stereocenters. The van der Waals surface area contributed by atoms with Crippen LogP contribution in [0.1, 0.15) is 39.7 Å². The van der Waals surface area contributed by atoms with E-state index in [2.05, 4.69) is 49.2 Å². The molecular weight excluding hydrogens is 285 g/mol. The van der Waals surface area contributed by atoms with Gasteiger partial charge in [-0.1, -0.05) is 6.92 Å². The van der Waals surface area contributed by atoms with Crippen molar-refractivity contribution in [1.82, 2.24) is 10.3 Å². The summed E-state index contributed by atoms with van der Waals surface area (Å²) < 4.78 is 13.5. The molecule has 0 radical (unpaired) electrons. The van der Waals surface area contributed by atoms with Crippen molar-refractivity contribution in [3.8, 4) is 0 Å². The van der Waals surface area contributed by atoms with E-state index in [1.54, 1.807) is 6.07 Å². The zero-order chi connectivity index (χ0) is 16.0. The molecule has 3 nitrogen and oxygen atoms in total. The second-order valence-corrected chi connectivity index (χ2v) is 7.28. The first kappa shape index (κ1) is 18.2. The second kappa shape index (κ2) is 7.99. The number of nitrogens with one attached hydrogen (secondary N) is 1. The van der Waals surface area contributed by atoms with Crippen LogP contribution in [-0.2, 0) is 6.54 Å². The molecule has 0 fully saturated rings. The lowest BCUT2D eigenvalue weighted by Gasteiger charge is -2.30. The summed E-state index contributed by atoms with van der Waals surface area (Å²) in [5, 5.41) is 3.41. The van der Waals surface area contributed by atoms with Gasteiger partial charge in [-0.3, -0.25) is 0 Å². The monoisotopic (exact) mass is 313 g/mol. The Labute approximate surface area is 132 Å². The highest BCUT2D eigenvalue weighted by Crippen LogP contribution is 2.22.